The molecule has 0 spiro atoms. The third-order valence-electron chi connectivity index (χ3n) is 2.27. The third kappa shape index (κ3) is 2.97. The van der Waals surface area contributed by atoms with Crippen LogP contribution >= 0.6 is 11.8 Å². The molecule has 0 atom stereocenters. The van der Waals surface area contributed by atoms with Crippen molar-refractivity contribution in [1.29, 1.82) is 0 Å². The summed E-state index contributed by atoms with van der Waals surface area (Å²) in [6.45, 7) is 0. The summed E-state index contributed by atoms with van der Waals surface area (Å²) in [7, 11) is 1.55. The maximum Gasteiger partial charge on any atom is 0.442 e. The van der Waals surface area contributed by atoms with Gasteiger partial charge in [0.05, 0.1) is 7.11 Å². The largest absolute Gasteiger partial charge is 0.497 e. The fourth-order valence-corrected chi connectivity index (χ4v) is 2.11. The van der Waals surface area contributed by atoms with E-state index in [4.69, 9.17) is 9.84 Å². The predicted molar refractivity (Wildman–Crippen MR) is 65.8 cm³/mol. The molecule has 1 aromatic carbocycles. The van der Waals surface area contributed by atoms with Crippen LogP contribution in [0.3, 0.4) is 0 Å². The van der Waals surface area contributed by atoms with Gasteiger partial charge in [-0.05, 0) is 33.8 Å². The van der Waals surface area contributed by atoms with Crippen LogP contribution in [0, 0.1) is 0 Å². The van der Waals surface area contributed by atoms with Gasteiger partial charge in [-0.25, -0.2) is 4.79 Å². The summed E-state index contributed by atoms with van der Waals surface area (Å²) >= 11 is 0.888. The highest BCUT2D eigenvalue weighted by Gasteiger charge is 2.24. The first-order valence-electron chi connectivity index (χ1n) is 5.24. The van der Waals surface area contributed by atoms with Crippen molar-refractivity contribution in [1.82, 2.24) is 5.27 Å². The van der Waals surface area contributed by atoms with Crippen molar-refractivity contribution >= 4 is 17.7 Å². The minimum absolute atomic E-state index is 0.174. The van der Waals surface area contributed by atoms with Gasteiger partial charge < -0.3 is 9.84 Å². The number of nitrogens with one attached hydrogen (secondary N) is 1. The van der Waals surface area contributed by atoms with Crippen LogP contribution in [0.5, 0.6) is 5.75 Å². The quantitative estimate of drug-likeness (QED) is 0.610. The number of rotatable bonds is 5. The van der Waals surface area contributed by atoms with E-state index in [9.17, 15) is 9.59 Å². The summed E-state index contributed by atoms with van der Waals surface area (Å²) in [6, 6.07) is 6.88. The number of H-pyrrole nitrogens is 1. The van der Waals surface area contributed by atoms with Gasteiger partial charge in [-0.1, -0.05) is 0 Å². The van der Waals surface area contributed by atoms with Crippen molar-refractivity contribution in [2.45, 2.75) is 5.03 Å². The molecular weight excluding hydrogens is 272 g/mol. The average Bonchev–Trinajstić information content (AvgIpc) is 2.78. The zero-order valence-electron chi connectivity index (χ0n) is 9.95. The minimum atomic E-state index is -1.01. The van der Waals surface area contributed by atoms with Crippen LogP contribution in [0.2, 0.25) is 0 Å². The molecule has 8 heteroatoms. The molecule has 0 bridgehead atoms. The number of carboxylic acid groups (broad SMARTS) is 1. The van der Waals surface area contributed by atoms with Gasteiger partial charge >= 0.3 is 16.6 Å². The van der Waals surface area contributed by atoms with E-state index in [0.29, 0.717) is 11.4 Å². The highest BCUT2D eigenvalue weighted by molar-refractivity contribution is 7.99. The second-order valence-electron chi connectivity index (χ2n) is 3.50. The van der Waals surface area contributed by atoms with Crippen LogP contribution in [0.25, 0.3) is 5.69 Å². The van der Waals surface area contributed by atoms with Crippen molar-refractivity contribution in [3.63, 3.8) is 0 Å². The summed E-state index contributed by atoms with van der Waals surface area (Å²) in [5, 5.41) is 11.2. The lowest BCUT2D eigenvalue weighted by atomic mass is 10.3. The van der Waals surface area contributed by atoms with E-state index < -0.39 is 11.6 Å². The van der Waals surface area contributed by atoms with Crippen molar-refractivity contribution in [2.75, 3.05) is 12.9 Å². The Balaban J connectivity index is 2.33. The summed E-state index contributed by atoms with van der Waals surface area (Å²) < 4.78 is 11.1. The van der Waals surface area contributed by atoms with Gasteiger partial charge in [0.25, 0.3) is 0 Å². The molecular formula is C11H11N2O5S+. The average molecular weight is 283 g/mol. The fraction of sp³-hybridized carbons (Fsp3) is 0.182. The Labute approximate surface area is 111 Å². The lowest BCUT2D eigenvalue weighted by molar-refractivity contribution is -0.704. The molecule has 1 aromatic heterocycles. The first kappa shape index (κ1) is 13.2. The fourth-order valence-electron chi connectivity index (χ4n) is 1.42. The highest BCUT2D eigenvalue weighted by atomic mass is 32.2. The number of hydrogen-bond donors (Lipinski definition) is 2. The second-order valence-corrected chi connectivity index (χ2v) is 4.47. The molecule has 0 fully saturated rings. The van der Waals surface area contributed by atoms with E-state index >= 15 is 0 Å². The Kier molecular flexibility index (Phi) is 3.91. The number of benzene rings is 1. The topological polar surface area (TPSA) is 96.4 Å². The number of hydrogen-bond acceptors (Lipinski definition) is 5. The SMILES string of the molecule is COc1ccc(-[n+]2[nH]oc(=O)c2SCC(=O)O)cc1. The van der Waals surface area contributed by atoms with Gasteiger partial charge in [0.1, 0.15) is 11.5 Å². The number of ether oxygens (including phenoxy) is 1. The number of thioether (sulfide) groups is 1. The number of carbonyl (C=O) groups is 1. The molecule has 0 aliphatic heterocycles. The lowest BCUT2D eigenvalue weighted by Crippen LogP contribution is -2.36. The zero-order valence-corrected chi connectivity index (χ0v) is 10.8. The molecule has 100 valence electrons. The standard InChI is InChI=1S/C11H10N2O5S/c1-17-8-4-2-7(3-5-8)13-10(11(16)18-12-13)19-6-9(14)15/h2-5H,6H2,1H3,(H-,12,14,15,16)/p+1. The van der Waals surface area contributed by atoms with Gasteiger partial charge in [0, 0.05) is 12.1 Å². The van der Waals surface area contributed by atoms with Gasteiger partial charge in [-0.3, -0.25) is 9.32 Å². The molecule has 19 heavy (non-hydrogen) atoms. The molecule has 0 radical (unpaired) electrons. The van der Waals surface area contributed by atoms with Crippen LogP contribution in [-0.2, 0) is 4.79 Å². The number of aromatic nitrogens is 2. The summed E-state index contributed by atoms with van der Waals surface area (Å²) in [4.78, 5) is 22.0. The third-order valence-corrected chi connectivity index (χ3v) is 3.28. The normalized spacial score (nSPS) is 10.4. The molecule has 0 unspecified atom stereocenters. The number of aromatic amines is 1. The lowest BCUT2D eigenvalue weighted by Gasteiger charge is -1.97. The smallest absolute Gasteiger partial charge is 0.442 e. The molecule has 7 nitrogen and oxygen atoms in total. The number of nitrogens with zero attached hydrogens (tertiary/aromatic N) is 1. The van der Waals surface area contributed by atoms with Crippen molar-refractivity contribution in [3.8, 4) is 11.4 Å². The van der Waals surface area contributed by atoms with Crippen molar-refractivity contribution < 1.29 is 23.8 Å². The Bertz CT molecular complexity index is 631. The van der Waals surface area contributed by atoms with Crippen molar-refractivity contribution in [2.24, 2.45) is 0 Å². The molecule has 2 aromatic rings. The molecule has 0 aliphatic carbocycles. The molecule has 0 saturated heterocycles. The first-order valence-corrected chi connectivity index (χ1v) is 6.23. The van der Waals surface area contributed by atoms with E-state index in [-0.39, 0.29) is 10.8 Å². The van der Waals surface area contributed by atoms with E-state index in [1.807, 2.05) is 0 Å². The number of aliphatic carboxylic acids is 1. The maximum absolute atomic E-state index is 11.5. The van der Waals surface area contributed by atoms with Crippen LogP contribution in [-0.4, -0.2) is 29.2 Å². The summed E-state index contributed by atoms with van der Waals surface area (Å²) in [6.07, 6.45) is 0. The van der Waals surface area contributed by atoms with Crippen molar-refractivity contribution in [3.05, 3.63) is 34.7 Å². The Morgan fingerprint density at radius 1 is 1.47 bits per heavy atom. The molecule has 0 aliphatic rings. The van der Waals surface area contributed by atoms with Gasteiger partial charge in [0.2, 0.25) is 5.69 Å². The van der Waals surface area contributed by atoms with Crippen LogP contribution < -0.4 is 15.0 Å². The molecule has 2 N–H and O–H groups in total. The maximum atomic E-state index is 11.5. The predicted octanol–water partition coefficient (Wildman–Crippen LogP) is 0.430. The molecule has 0 saturated carbocycles. The highest BCUT2D eigenvalue weighted by Crippen LogP contribution is 2.14. The monoisotopic (exact) mass is 283 g/mol. The Morgan fingerprint density at radius 2 is 2.16 bits per heavy atom. The van der Waals surface area contributed by atoms with Gasteiger partial charge in [0.15, 0.2) is 0 Å². The zero-order chi connectivity index (χ0) is 13.8. The molecule has 0 amide bonds. The van der Waals surface area contributed by atoms with E-state index in [1.165, 1.54) is 4.68 Å². The Morgan fingerprint density at radius 3 is 2.74 bits per heavy atom. The number of carboxylic acids is 1. The van der Waals surface area contributed by atoms with Crippen LogP contribution in [0.1, 0.15) is 0 Å². The number of methoxy groups -OCH3 is 1. The van der Waals surface area contributed by atoms with Gasteiger partial charge in [-0.15, -0.1) is 0 Å². The first-order chi connectivity index (χ1) is 9.11. The van der Waals surface area contributed by atoms with E-state index in [1.54, 1.807) is 31.4 Å². The van der Waals surface area contributed by atoms with E-state index in [0.717, 1.165) is 11.8 Å². The second kappa shape index (κ2) is 5.61. The summed E-state index contributed by atoms with van der Waals surface area (Å²) in [5.74, 6) is -0.555. The molecule has 2 rings (SSSR count). The minimum Gasteiger partial charge on any atom is -0.497 e. The van der Waals surface area contributed by atoms with E-state index in [2.05, 4.69) is 9.79 Å². The van der Waals surface area contributed by atoms with Gasteiger partial charge in [-0.2, -0.15) is 0 Å². The Hall–Kier alpha value is -2.22. The summed E-state index contributed by atoms with van der Waals surface area (Å²) in [5.41, 5.74) is 0.0293. The van der Waals surface area contributed by atoms with Crippen LogP contribution in [0.4, 0.5) is 0 Å². The van der Waals surface area contributed by atoms with Crippen LogP contribution in [0.15, 0.2) is 38.6 Å². The molecule has 1 heterocycles.